The first-order chi connectivity index (χ1) is 21.2. The van der Waals surface area contributed by atoms with Crippen LogP contribution in [0.15, 0.2) is 58.4 Å². The van der Waals surface area contributed by atoms with E-state index in [1.807, 2.05) is 0 Å². The quantitative estimate of drug-likeness (QED) is 0.140. The Kier molecular flexibility index (Phi) is 9.97. The van der Waals surface area contributed by atoms with Crippen molar-refractivity contribution in [2.45, 2.75) is 57.4 Å². The number of ether oxygens (including phenoxy) is 3. The first kappa shape index (κ1) is 33.2. The van der Waals surface area contributed by atoms with Gasteiger partial charge in [0.05, 0.1) is 10.5 Å². The molecule has 2 aromatic carbocycles. The number of benzene rings is 2. The van der Waals surface area contributed by atoms with Crippen molar-refractivity contribution < 1.29 is 42.1 Å². The Bertz CT molecular complexity index is 1750. The van der Waals surface area contributed by atoms with Gasteiger partial charge in [0.2, 0.25) is 10.0 Å². The molecule has 45 heavy (non-hydrogen) atoms. The van der Waals surface area contributed by atoms with Crippen LogP contribution in [0.2, 0.25) is 0 Å². The van der Waals surface area contributed by atoms with Crippen LogP contribution in [0.4, 0.5) is 4.79 Å². The van der Waals surface area contributed by atoms with E-state index in [2.05, 4.69) is 10.2 Å². The zero-order valence-electron chi connectivity index (χ0n) is 25.2. The fraction of sp³-hybridized carbons (Fsp3) is 0.414. The van der Waals surface area contributed by atoms with E-state index < -0.39 is 51.1 Å². The van der Waals surface area contributed by atoms with Crippen molar-refractivity contribution in [1.82, 2.24) is 14.2 Å². The molecule has 15 nitrogen and oxygen atoms in total. The van der Waals surface area contributed by atoms with Crippen molar-refractivity contribution in [2.75, 3.05) is 26.3 Å². The molecule has 1 saturated heterocycles. The van der Waals surface area contributed by atoms with Gasteiger partial charge in [0.1, 0.15) is 24.6 Å². The Labute approximate surface area is 258 Å². The number of nitrogens with one attached hydrogen (secondary N) is 1. The molecule has 1 fully saturated rings. The van der Waals surface area contributed by atoms with E-state index >= 15 is 0 Å². The highest BCUT2D eigenvalue weighted by Crippen LogP contribution is 2.29. The Balaban J connectivity index is 1.45. The van der Waals surface area contributed by atoms with Gasteiger partial charge in [-0.25, -0.2) is 18.0 Å². The Morgan fingerprint density at radius 3 is 2.49 bits per heavy atom. The van der Waals surface area contributed by atoms with Gasteiger partial charge in [0.25, 0.3) is 10.6 Å². The number of hydrogen-bond donors (Lipinski definition) is 1. The van der Waals surface area contributed by atoms with E-state index in [1.165, 1.54) is 57.5 Å². The maximum atomic E-state index is 13.7. The summed E-state index contributed by atoms with van der Waals surface area (Å²) in [5, 5.41) is 12.4. The molecule has 4 rings (SSSR count). The second-order valence-corrected chi connectivity index (χ2v) is 13.2. The fourth-order valence-electron chi connectivity index (χ4n) is 4.79. The lowest BCUT2D eigenvalue weighted by molar-refractivity contribution is -0.757. The number of carbonyl (C=O) groups is 2. The maximum Gasteiger partial charge on any atom is 0.407 e. The van der Waals surface area contributed by atoms with Crippen molar-refractivity contribution in [1.29, 1.82) is 0 Å². The molecule has 2 heterocycles. The summed E-state index contributed by atoms with van der Waals surface area (Å²) in [4.78, 5) is 52.5. The van der Waals surface area contributed by atoms with Crippen molar-refractivity contribution in [2.24, 2.45) is 0 Å². The van der Waals surface area contributed by atoms with E-state index in [0.29, 0.717) is 17.7 Å². The fourth-order valence-corrected chi connectivity index (χ4v) is 6.57. The molecule has 1 aliphatic heterocycles. The first-order valence-corrected chi connectivity index (χ1v) is 15.4. The van der Waals surface area contributed by atoms with Crippen LogP contribution in [0, 0.1) is 17.0 Å². The van der Waals surface area contributed by atoms with Crippen LogP contribution in [0.5, 0.6) is 5.75 Å². The van der Waals surface area contributed by atoms with Gasteiger partial charge >= 0.3 is 12.1 Å². The molecule has 3 aromatic rings. The monoisotopic (exact) mass is 646 g/mol. The Hall–Kier alpha value is -4.70. The standard InChI is InChI=1S/C29H34N4O11S/c1-19-16-31(18-42-27(35)20-8-10-22(11-9-20)41-14-15-43-33(37)38)26(34)23-6-5-7-24(25(19)23)45(39,40)32-13-12-21(17-32)30-28(36)44-29(2,3)4/h5-11,16,21H,12-15,17-18H2,1-4H3,(H,30,36)/t21-/m0/s1. The van der Waals surface area contributed by atoms with Crippen LogP contribution in [0.25, 0.3) is 10.8 Å². The third kappa shape index (κ3) is 8.27. The summed E-state index contributed by atoms with van der Waals surface area (Å²) in [6, 6.07) is 9.82. The number of sulfonamides is 1. The number of pyridine rings is 1. The Morgan fingerprint density at radius 1 is 1.11 bits per heavy atom. The molecule has 1 atom stereocenters. The number of nitrogens with zero attached hydrogens (tertiary/aromatic N) is 3. The van der Waals surface area contributed by atoms with Gasteiger partial charge in [-0.1, -0.05) is 6.07 Å². The summed E-state index contributed by atoms with van der Waals surface area (Å²) in [6.45, 7) is 6.34. The van der Waals surface area contributed by atoms with E-state index in [9.17, 15) is 32.9 Å². The minimum absolute atomic E-state index is 0.0380. The zero-order chi connectivity index (χ0) is 32.9. The predicted octanol–water partition coefficient (Wildman–Crippen LogP) is 3.00. The van der Waals surface area contributed by atoms with Crippen LogP contribution < -0.4 is 15.6 Å². The second-order valence-electron chi connectivity index (χ2n) is 11.3. The molecule has 16 heteroatoms. The van der Waals surface area contributed by atoms with Gasteiger partial charge in [0, 0.05) is 36.1 Å². The number of amides is 1. The molecule has 0 radical (unpaired) electrons. The molecule has 1 aliphatic rings. The number of fused-ring (bicyclic) bond motifs is 1. The maximum absolute atomic E-state index is 13.7. The van der Waals surface area contributed by atoms with Crippen molar-refractivity contribution in [3.8, 4) is 5.75 Å². The third-order valence-electron chi connectivity index (χ3n) is 6.72. The van der Waals surface area contributed by atoms with Gasteiger partial charge < -0.3 is 24.4 Å². The Morgan fingerprint density at radius 2 is 1.82 bits per heavy atom. The van der Waals surface area contributed by atoms with E-state index in [-0.39, 0.29) is 47.5 Å². The lowest BCUT2D eigenvalue weighted by Crippen LogP contribution is -2.41. The molecule has 0 bridgehead atoms. The molecule has 1 N–H and O–H groups in total. The summed E-state index contributed by atoms with van der Waals surface area (Å²) in [5.74, 6) is -0.364. The number of aromatic nitrogens is 1. The second kappa shape index (κ2) is 13.5. The normalized spacial score (nSPS) is 15.4. The molecule has 1 amide bonds. The van der Waals surface area contributed by atoms with Gasteiger partial charge in [-0.05, 0) is 76.1 Å². The number of alkyl carbamates (subject to hydrolysis) is 1. The molecule has 0 unspecified atom stereocenters. The van der Waals surface area contributed by atoms with Crippen LogP contribution in [0.3, 0.4) is 0 Å². The highest BCUT2D eigenvalue weighted by molar-refractivity contribution is 7.89. The lowest BCUT2D eigenvalue weighted by atomic mass is 10.1. The smallest absolute Gasteiger partial charge is 0.407 e. The lowest BCUT2D eigenvalue weighted by Gasteiger charge is -2.22. The van der Waals surface area contributed by atoms with Gasteiger partial charge in [0.15, 0.2) is 6.73 Å². The van der Waals surface area contributed by atoms with Crippen LogP contribution in [-0.2, 0) is 31.1 Å². The summed E-state index contributed by atoms with van der Waals surface area (Å²) in [6.07, 6.45) is 1.20. The number of carbonyl (C=O) groups excluding carboxylic acids is 2. The SMILES string of the molecule is Cc1cn(COC(=O)c2ccc(OCCO[N+](=O)[O-])cc2)c(=O)c2cccc(S(=O)(=O)N3CC[C@H](NC(=O)OC(C)(C)C)C3)c12. The van der Waals surface area contributed by atoms with Gasteiger partial charge in [-0.2, -0.15) is 4.31 Å². The third-order valence-corrected chi connectivity index (χ3v) is 8.63. The summed E-state index contributed by atoms with van der Waals surface area (Å²) in [5.41, 5.74) is -0.591. The minimum Gasteiger partial charge on any atom is -0.492 e. The molecular formula is C29H34N4O11S. The number of aryl methyl sites for hydroxylation is 1. The van der Waals surface area contributed by atoms with Gasteiger partial charge in [-0.15, -0.1) is 10.1 Å². The van der Waals surface area contributed by atoms with Crippen molar-refractivity contribution >= 4 is 32.9 Å². The van der Waals surface area contributed by atoms with Crippen molar-refractivity contribution in [3.63, 3.8) is 0 Å². The predicted molar refractivity (Wildman–Crippen MR) is 160 cm³/mol. The van der Waals surface area contributed by atoms with Crippen LogP contribution in [0.1, 0.15) is 43.1 Å². The van der Waals surface area contributed by atoms with Crippen LogP contribution in [-0.4, -0.2) is 72.4 Å². The largest absolute Gasteiger partial charge is 0.492 e. The average molecular weight is 647 g/mol. The van der Waals surface area contributed by atoms with E-state index in [0.717, 1.165) is 0 Å². The van der Waals surface area contributed by atoms with E-state index in [1.54, 1.807) is 27.7 Å². The minimum atomic E-state index is -4.04. The van der Waals surface area contributed by atoms with Crippen molar-refractivity contribution in [3.05, 3.63) is 80.3 Å². The number of hydrogen-bond acceptors (Lipinski definition) is 11. The number of esters is 1. The van der Waals surface area contributed by atoms with Gasteiger partial charge in [-0.3, -0.25) is 9.36 Å². The first-order valence-electron chi connectivity index (χ1n) is 14.0. The topological polar surface area (TPSA) is 186 Å². The number of rotatable bonds is 11. The average Bonchev–Trinajstić information content (AvgIpc) is 3.44. The highest BCUT2D eigenvalue weighted by Gasteiger charge is 2.35. The summed E-state index contributed by atoms with van der Waals surface area (Å²) < 4.78 is 45.8. The van der Waals surface area contributed by atoms with E-state index in [4.69, 9.17) is 14.2 Å². The molecule has 0 spiro atoms. The highest BCUT2D eigenvalue weighted by atomic mass is 32.2. The summed E-state index contributed by atoms with van der Waals surface area (Å²) >= 11 is 0. The summed E-state index contributed by atoms with van der Waals surface area (Å²) in [7, 11) is -4.04. The zero-order valence-corrected chi connectivity index (χ0v) is 26.0. The molecule has 0 aliphatic carbocycles. The molecule has 1 aromatic heterocycles. The molecular weight excluding hydrogens is 612 g/mol. The van der Waals surface area contributed by atoms with Crippen LogP contribution >= 0.6 is 0 Å². The molecule has 0 saturated carbocycles. The molecule has 242 valence electrons.